The Kier molecular flexibility index (Phi) is 2.31. The van der Waals surface area contributed by atoms with Crippen LogP contribution in [0.2, 0.25) is 0 Å². The van der Waals surface area contributed by atoms with E-state index in [-0.39, 0.29) is 6.10 Å². The van der Waals surface area contributed by atoms with Crippen molar-refractivity contribution in [3.05, 3.63) is 59.2 Å². The van der Waals surface area contributed by atoms with E-state index in [9.17, 15) is 0 Å². The molecule has 0 saturated carbocycles. The van der Waals surface area contributed by atoms with Crippen molar-refractivity contribution >= 4 is 0 Å². The molecule has 2 atom stereocenters. The third-order valence-electron chi connectivity index (χ3n) is 4.34. The van der Waals surface area contributed by atoms with Crippen molar-refractivity contribution < 1.29 is 9.47 Å². The van der Waals surface area contributed by atoms with Crippen LogP contribution in [-0.4, -0.2) is 7.11 Å². The molecule has 2 aliphatic rings. The SMILES string of the molecule is COc1cccc2c1CC[C@@H]1c3ccccc3O[C@H]21. The van der Waals surface area contributed by atoms with Gasteiger partial charge in [0.1, 0.15) is 17.6 Å². The van der Waals surface area contributed by atoms with Gasteiger partial charge in [0.15, 0.2) is 0 Å². The summed E-state index contributed by atoms with van der Waals surface area (Å²) in [5.74, 6) is 2.54. The van der Waals surface area contributed by atoms with Crippen molar-refractivity contribution in [2.45, 2.75) is 24.9 Å². The van der Waals surface area contributed by atoms with Crippen molar-refractivity contribution in [1.82, 2.24) is 0 Å². The summed E-state index contributed by atoms with van der Waals surface area (Å²) in [6.45, 7) is 0. The quantitative estimate of drug-likeness (QED) is 0.767. The molecule has 1 aliphatic carbocycles. The molecule has 2 nitrogen and oxygen atoms in total. The Morgan fingerprint density at radius 1 is 1.05 bits per heavy atom. The molecule has 2 aromatic rings. The number of hydrogen-bond donors (Lipinski definition) is 0. The van der Waals surface area contributed by atoms with Gasteiger partial charge in [-0.1, -0.05) is 30.3 Å². The van der Waals surface area contributed by atoms with Crippen molar-refractivity contribution in [3.8, 4) is 11.5 Å². The molecule has 0 unspecified atom stereocenters. The van der Waals surface area contributed by atoms with Gasteiger partial charge >= 0.3 is 0 Å². The molecular formula is C17H16O2. The van der Waals surface area contributed by atoms with Crippen LogP contribution in [0.25, 0.3) is 0 Å². The van der Waals surface area contributed by atoms with E-state index in [1.807, 2.05) is 12.1 Å². The minimum absolute atomic E-state index is 0.163. The summed E-state index contributed by atoms with van der Waals surface area (Å²) in [5.41, 5.74) is 3.98. The molecule has 0 spiro atoms. The topological polar surface area (TPSA) is 18.5 Å². The standard InChI is InChI=1S/C17H16O2/c1-18-15-8-4-6-13-12(15)9-10-14-11-5-2-3-7-16(11)19-17(13)14/h2-8,14,17H,9-10H2,1H3/t14-,17-/m1/s1. The van der Waals surface area contributed by atoms with Crippen LogP contribution in [0.4, 0.5) is 0 Å². The normalized spacial score (nSPS) is 23.0. The number of para-hydroxylation sites is 1. The molecule has 19 heavy (non-hydrogen) atoms. The summed E-state index contributed by atoms with van der Waals surface area (Å²) in [6, 6.07) is 14.7. The molecule has 96 valence electrons. The summed E-state index contributed by atoms with van der Waals surface area (Å²) >= 11 is 0. The predicted octanol–water partition coefficient (Wildman–Crippen LogP) is 3.86. The summed E-state index contributed by atoms with van der Waals surface area (Å²) in [4.78, 5) is 0. The van der Waals surface area contributed by atoms with E-state index in [0.29, 0.717) is 5.92 Å². The van der Waals surface area contributed by atoms with Gasteiger partial charge in [-0.2, -0.15) is 0 Å². The Hall–Kier alpha value is -1.96. The average Bonchev–Trinajstić information content (AvgIpc) is 2.85. The van der Waals surface area contributed by atoms with Crippen LogP contribution in [-0.2, 0) is 6.42 Å². The van der Waals surface area contributed by atoms with Gasteiger partial charge in [-0.05, 0) is 30.5 Å². The lowest BCUT2D eigenvalue weighted by Gasteiger charge is -2.28. The third kappa shape index (κ3) is 1.49. The molecule has 0 aromatic heterocycles. The highest BCUT2D eigenvalue weighted by Crippen LogP contribution is 2.52. The summed E-state index contributed by atoms with van der Waals surface area (Å²) in [7, 11) is 1.74. The Bertz CT molecular complexity index is 633. The second kappa shape index (κ2) is 4.02. The van der Waals surface area contributed by atoms with Gasteiger partial charge in [0.05, 0.1) is 7.11 Å². The summed E-state index contributed by atoms with van der Waals surface area (Å²) in [5, 5.41) is 0. The first-order valence-corrected chi connectivity index (χ1v) is 6.80. The molecule has 0 radical (unpaired) electrons. The van der Waals surface area contributed by atoms with E-state index in [2.05, 4.69) is 30.3 Å². The van der Waals surface area contributed by atoms with Crippen LogP contribution in [0, 0.1) is 0 Å². The molecule has 0 bridgehead atoms. The first-order chi connectivity index (χ1) is 9.38. The van der Waals surface area contributed by atoms with E-state index in [4.69, 9.17) is 9.47 Å². The Labute approximate surface area is 113 Å². The van der Waals surface area contributed by atoms with Gasteiger partial charge in [-0.15, -0.1) is 0 Å². The number of fused-ring (bicyclic) bond motifs is 5. The van der Waals surface area contributed by atoms with E-state index < -0.39 is 0 Å². The molecule has 0 saturated heterocycles. The molecule has 0 fully saturated rings. The highest BCUT2D eigenvalue weighted by atomic mass is 16.5. The molecule has 0 amide bonds. The van der Waals surface area contributed by atoms with Crippen molar-refractivity contribution in [3.63, 3.8) is 0 Å². The largest absolute Gasteiger partial charge is 0.496 e. The monoisotopic (exact) mass is 252 g/mol. The summed E-state index contributed by atoms with van der Waals surface area (Å²) < 4.78 is 11.7. The van der Waals surface area contributed by atoms with Crippen molar-refractivity contribution in [2.24, 2.45) is 0 Å². The second-order valence-electron chi connectivity index (χ2n) is 5.25. The maximum atomic E-state index is 6.18. The molecule has 2 aromatic carbocycles. The molecular weight excluding hydrogens is 236 g/mol. The van der Waals surface area contributed by atoms with Crippen LogP contribution < -0.4 is 9.47 Å². The molecule has 4 rings (SSSR count). The average molecular weight is 252 g/mol. The number of methoxy groups -OCH3 is 1. The number of hydrogen-bond acceptors (Lipinski definition) is 2. The predicted molar refractivity (Wildman–Crippen MR) is 73.9 cm³/mol. The van der Waals surface area contributed by atoms with Gasteiger partial charge < -0.3 is 9.47 Å². The fraction of sp³-hybridized carbons (Fsp3) is 0.294. The van der Waals surface area contributed by atoms with Crippen LogP contribution in [0.15, 0.2) is 42.5 Å². The lowest BCUT2D eigenvalue weighted by molar-refractivity contribution is 0.194. The smallest absolute Gasteiger partial charge is 0.131 e. The zero-order valence-electron chi connectivity index (χ0n) is 10.9. The van der Waals surface area contributed by atoms with Crippen LogP contribution in [0.1, 0.15) is 35.1 Å². The Morgan fingerprint density at radius 2 is 1.89 bits per heavy atom. The van der Waals surface area contributed by atoms with Gasteiger partial charge in [0.2, 0.25) is 0 Å². The Balaban J connectivity index is 1.83. The summed E-state index contributed by atoms with van der Waals surface area (Å²) in [6.07, 6.45) is 2.36. The van der Waals surface area contributed by atoms with E-state index in [0.717, 1.165) is 24.3 Å². The first kappa shape index (κ1) is 10.9. The minimum Gasteiger partial charge on any atom is -0.496 e. The fourth-order valence-electron chi connectivity index (χ4n) is 3.47. The molecule has 1 aliphatic heterocycles. The zero-order valence-corrected chi connectivity index (χ0v) is 10.9. The number of benzene rings is 2. The highest BCUT2D eigenvalue weighted by molar-refractivity contribution is 5.50. The van der Waals surface area contributed by atoms with Crippen molar-refractivity contribution in [2.75, 3.05) is 7.11 Å². The lowest BCUT2D eigenvalue weighted by atomic mass is 9.79. The third-order valence-corrected chi connectivity index (χ3v) is 4.34. The second-order valence-corrected chi connectivity index (χ2v) is 5.25. The van der Waals surface area contributed by atoms with Gasteiger partial charge in [0.25, 0.3) is 0 Å². The molecule has 1 heterocycles. The fourth-order valence-corrected chi connectivity index (χ4v) is 3.47. The van der Waals surface area contributed by atoms with Crippen LogP contribution in [0.5, 0.6) is 11.5 Å². The number of rotatable bonds is 1. The number of ether oxygens (including phenoxy) is 2. The van der Waals surface area contributed by atoms with Crippen molar-refractivity contribution in [1.29, 1.82) is 0 Å². The first-order valence-electron chi connectivity index (χ1n) is 6.80. The van der Waals surface area contributed by atoms with Crippen LogP contribution in [0.3, 0.4) is 0 Å². The van der Waals surface area contributed by atoms with Gasteiger partial charge in [-0.3, -0.25) is 0 Å². The molecule has 0 N–H and O–H groups in total. The van der Waals surface area contributed by atoms with Crippen LogP contribution >= 0.6 is 0 Å². The lowest BCUT2D eigenvalue weighted by Crippen LogP contribution is -2.18. The highest BCUT2D eigenvalue weighted by Gasteiger charge is 2.39. The molecule has 2 heteroatoms. The minimum atomic E-state index is 0.163. The van der Waals surface area contributed by atoms with Gasteiger partial charge in [-0.25, -0.2) is 0 Å². The van der Waals surface area contributed by atoms with Gasteiger partial charge in [0, 0.05) is 17.0 Å². The maximum absolute atomic E-state index is 6.18. The maximum Gasteiger partial charge on any atom is 0.131 e. The Morgan fingerprint density at radius 3 is 2.79 bits per heavy atom. The van der Waals surface area contributed by atoms with E-state index in [1.54, 1.807) is 7.11 Å². The van der Waals surface area contributed by atoms with E-state index >= 15 is 0 Å². The van der Waals surface area contributed by atoms with E-state index in [1.165, 1.54) is 16.7 Å². The zero-order chi connectivity index (χ0) is 12.8.